The minimum absolute atomic E-state index is 0.00574. The van der Waals surface area contributed by atoms with Crippen molar-refractivity contribution in [2.45, 2.75) is 24.0 Å². The Morgan fingerprint density at radius 2 is 1.70 bits per heavy atom. The third kappa shape index (κ3) is 4.29. The smallest absolute Gasteiger partial charge is 0.237 e. The van der Waals surface area contributed by atoms with Crippen LogP contribution in [0.4, 0.5) is 5.69 Å². The van der Waals surface area contributed by atoms with E-state index in [1.165, 1.54) is 17.3 Å². The molecule has 2 aromatic rings. The minimum atomic E-state index is -0.169. The van der Waals surface area contributed by atoms with Gasteiger partial charge in [0.2, 0.25) is 5.91 Å². The van der Waals surface area contributed by atoms with Crippen LogP contribution in [-0.2, 0) is 4.79 Å². The molecular weight excluding hydrogens is 290 g/mol. The molecule has 20 heavy (non-hydrogen) atoms. The predicted octanol–water partition coefficient (Wildman–Crippen LogP) is 4.77. The number of carbonyl (C=O) groups is 1. The molecule has 0 bridgehead atoms. The van der Waals surface area contributed by atoms with Crippen molar-refractivity contribution in [2.75, 3.05) is 5.32 Å². The maximum atomic E-state index is 12.1. The summed E-state index contributed by atoms with van der Waals surface area (Å²) in [5.74, 6) is -0.00574. The van der Waals surface area contributed by atoms with Crippen LogP contribution < -0.4 is 5.32 Å². The van der Waals surface area contributed by atoms with E-state index in [4.69, 9.17) is 11.6 Å². The maximum absolute atomic E-state index is 12.1. The van der Waals surface area contributed by atoms with Crippen molar-refractivity contribution in [2.24, 2.45) is 0 Å². The van der Waals surface area contributed by atoms with Crippen LogP contribution in [0.2, 0.25) is 5.02 Å². The highest BCUT2D eigenvalue weighted by Gasteiger charge is 2.14. The van der Waals surface area contributed by atoms with Crippen LogP contribution in [0.25, 0.3) is 0 Å². The second-order valence-electron chi connectivity index (χ2n) is 4.57. The highest BCUT2D eigenvalue weighted by atomic mass is 35.5. The van der Waals surface area contributed by atoms with E-state index in [0.717, 1.165) is 10.6 Å². The Kier molecular flexibility index (Phi) is 5.10. The number of benzene rings is 2. The molecule has 0 saturated carbocycles. The molecule has 0 aromatic heterocycles. The van der Waals surface area contributed by atoms with Gasteiger partial charge >= 0.3 is 0 Å². The van der Waals surface area contributed by atoms with E-state index in [-0.39, 0.29) is 11.2 Å². The summed E-state index contributed by atoms with van der Waals surface area (Å²) in [4.78, 5) is 13.1. The highest BCUT2D eigenvalue weighted by Crippen LogP contribution is 2.25. The number of hydrogen-bond acceptors (Lipinski definition) is 2. The molecule has 1 amide bonds. The molecule has 4 heteroatoms. The summed E-state index contributed by atoms with van der Waals surface area (Å²) in [6.07, 6.45) is 0. The summed E-state index contributed by atoms with van der Waals surface area (Å²) in [7, 11) is 0. The van der Waals surface area contributed by atoms with E-state index in [1.807, 2.05) is 62.4 Å². The number of nitrogens with one attached hydrogen (secondary N) is 1. The molecule has 0 saturated heterocycles. The Hall–Kier alpha value is -1.45. The fourth-order valence-corrected chi connectivity index (χ4v) is 2.65. The van der Waals surface area contributed by atoms with Gasteiger partial charge in [-0.1, -0.05) is 29.3 Å². The van der Waals surface area contributed by atoms with Gasteiger partial charge in [0.1, 0.15) is 0 Å². The number of amides is 1. The van der Waals surface area contributed by atoms with Gasteiger partial charge in [0.05, 0.1) is 5.25 Å². The lowest BCUT2D eigenvalue weighted by molar-refractivity contribution is -0.115. The molecule has 2 aromatic carbocycles. The number of rotatable bonds is 4. The lowest BCUT2D eigenvalue weighted by Crippen LogP contribution is -2.22. The molecule has 0 spiro atoms. The zero-order chi connectivity index (χ0) is 14.5. The largest absolute Gasteiger partial charge is 0.325 e. The normalized spacial score (nSPS) is 11.9. The standard InChI is InChI=1S/C16H16ClNOS/c1-11-3-7-14(8-4-11)18-16(19)12(2)20-15-9-5-13(17)6-10-15/h3-10,12H,1-2H3,(H,18,19)/t12-/m0/s1. The van der Waals surface area contributed by atoms with E-state index in [2.05, 4.69) is 5.32 Å². The third-order valence-electron chi connectivity index (χ3n) is 2.81. The molecule has 1 N–H and O–H groups in total. The Morgan fingerprint density at radius 3 is 2.30 bits per heavy atom. The van der Waals surface area contributed by atoms with Gasteiger partial charge in [-0.15, -0.1) is 11.8 Å². The van der Waals surface area contributed by atoms with Gasteiger partial charge < -0.3 is 5.32 Å². The molecule has 0 aliphatic heterocycles. The molecule has 1 atom stereocenters. The molecule has 0 unspecified atom stereocenters. The van der Waals surface area contributed by atoms with Gasteiger partial charge in [0.15, 0.2) is 0 Å². The zero-order valence-electron chi connectivity index (χ0n) is 11.4. The number of aryl methyl sites for hydroxylation is 1. The van der Waals surface area contributed by atoms with E-state index in [1.54, 1.807) is 0 Å². The van der Waals surface area contributed by atoms with Gasteiger partial charge in [0.25, 0.3) is 0 Å². The van der Waals surface area contributed by atoms with Crippen LogP contribution in [0.1, 0.15) is 12.5 Å². The summed E-state index contributed by atoms with van der Waals surface area (Å²) < 4.78 is 0. The average Bonchev–Trinajstić information content (AvgIpc) is 2.44. The monoisotopic (exact) mass is 305 g/mol. The van der Waals surface area contributed by atoms with Crippen LogP contribution in [0, 0.1) is 6.92 Å². The first-order valence-corrected chi connectivity index (χ1v) is 7.60. The molecule has 104 valence electrons. The van der Waals surface area contributed by atoms with E-state index in [9.17, 15) is 4.79 Å². The third-order valence-corrected chi connectivity index (χ3v) is 4.18. The maximum Gasteiger partial charge on any atom is 0.237 e. The Balaban J connectivity index is 1.94. The molecular formula is C16H16ClNOS. The second-order valence-corrected chi connectivity index (χ2v) is 6.42. The lowest BCUT2D eigenvalue weighted by Gasteiger charge is -2.12. The summed E-state index contributed by atoms with van der Waals surface area (Å²) in [6, 6.07) is 15.3. The van der Waals surface area contributed by atoms with Crippen molar-refractivity contribution in [3.63, 3.8) is 0 Å². The molecule has 0 aliphatic carbocycles. The van der Waals surface area contributed by atoms with Gasteiger partial charge in [-0.05, 0) is 50.2 Å². The molecule has 2 rings (SSSR count). The van der Waals surface area contributed by atoms with Crippen molar-refractivity contribution in [3.8, 4) is 0 Å². The first-order chi connectivity index (χ1) is 9.54. The van der Waals surface area contributed by atoms with Crippen molar-refractivity contribution in [3.05, 3.63) is 59.1 Å². The van der Waals surface area contributed by atoms with E-state index in [0.29, 0.717) is 5.02 Å². The number of halogens is 1. The van der Waals surface area contributed by atoms with Crippen LogP contribution in [0.15, 0.2) is 53.4 Å². The molecule has 0 fully saturated rings. The average molecular weight is 306 g/mol. The summed E-state index contributed by atoms with van der Waals surface area (Å²) in [6.45, 7) is 3.91. The van der Waals surface area contributed by atoms with Gasteiger partial charge in [-0.3, -0.25) is 4.79 Å². The number of anilines is 1. The van der Waals surface area contributed by atoms with Crippen molar-refractivity contribution in [1.82, 2.24) is 0 Å². The van der Waals surface area contributed by atoms with Crippen LogP contribution >= 0.6 is 23.4 Å². The number of hydrogen-bond donors (Lipinski definition) is 1. The Morgan fingerprint density at radius 1 is 1.10 bits per heavy atom. The topological polar surface area (TPSA) is 29.1 Å². The second kappa shape index (κ2) is 6.82. The first kappa shape index (κ1) is 14.9. The Bertz CT molecular complexity index is 580. The van der Waals surface area contributed by atoms with Gasteiger partial charge in [-0.2, -0.15) is 0 Å². The number of thioether (sulfide) groups is 1. The first-order valence-electron chi connectivity index (χ1n) is 6.34. The SMILES string of the molecule is Cc1ccc(NC(=O)[C@H](C)Sc2ccc(Cl)cc2)cc1. The fraction of sp³-hybridized carbons (Fsp3) is 0.188. The predicted molar refractivity (Wildman–Crippen MR) is 86.6 cm³/mol. The number of carbonyl (C=O) groups excluding carboxylic acids is 1. The van der Waals surface area contributed by atoms with Crippen molar-refractivity contribution in [1.29, 1.82) is 0 Å². The van der Waals surface area contributed by atoms with Crippen LogP contribution in [-0.4, -0.2) is 11.2 Å². The van der Waals surface area contributed by atoms with Crippen LogP contribution in [0.5, 0.6) is 0 Å². The minimum Gasteiger partial charge on any atom is -0.325 e. The highest BCUT2D eigenvalue weighted by molar-refractivity contribution is 8.00. The van der Waals surface area contributed by atoms with Gasteiger partial charge in [-0.25, -0.2) is 0 Å². The zero-order valence-corrected chi connectivity index (χ0v) is 13.0. The molecule has 0 radical (unpaired) electrons. The van der Waals surface area contributed by atoms with E-state index >= 15 is 0 Å². The van der Waals surface area contributed by atoms with E-state index < -0.39 is 0 Å². The molecule has 2 nitrogen and oxygen atoms in total. The molecule has 0 heterocycles. The summed E-state index contributed by atoms with van der Waals surface area (Å²) in [5, 5.41) is 3.45. The van der Waals surface area contributed by atoms with Crippen LogP contribution in [0.3, 0.4) is 0 Å². The summed E-state index contributed by atoms with van der Waals surface area (Å²) >= 11 is 7.35. The Labute approximate surface area is 128 Å². The fourth-order valence-electron chi connectivity index (χ4n) is 1.65. The quantitative estimate of drug-likeness (QED) is 0.825. The van der Waals surface area contributed by atoms with Crippen molar-refractivity contribution < 1.29 is 4.79 Å². The van der Waals surface area contributed by atoms with Crippen molar-refractivity contribution >= 4 is 35.0 Å². The summed E-state index contributed by atoms with van der Waals surface area (Å²) in [5.41, 5.74) is 2.00. The molecule has 0 aliphatic rings. The lowest BCUT2D eigenvalue weighted by atomic mass is 10.2. The van der Waals surface area contributed by atoms with Gasteiger partial charge in [0, 0.05) is 15.6 Å².